The average Bonchev–Trinajstić information content (AvgIpc) is 2.11. The van der Waals surface area contributed by atoms with Crippen LogP contribution in [0.5, 0.6) is 0 Å². The molecule has 1 aromatic carbocycles. The van der Waals surface area contributed by atoms with Gasteiger partial charge in [-0.25, -0.2) is 0 Å². The van der Waals surface area contributed by atoms with Gasteiger partial charge in [0.1, 0.15) is 0 Å². The van der Waals surface area contributed by atoms with E-state index in [0.29, 0.717) is 22.3 Å². The van der Waals surface area contributed by atoms with Crippen molar-refractivity contribution in [2.24, 2.45) is 0 Å². The standard InChI is InChI=1S/C9H8Cl4/c10-5-8(12)4-6-3-7(11)1-2-9(6)13/h1-3,8H,4-5H2. The van der Waals surface area contributed by atoms with Gasteiger partial charge in [-0.1, -0.05) is 23.2 Å². The van der Waals surface area contributed by atoms with Crippen LogP contribution in [0.2, 0.25) is 10.0 Å². The number of benzene rings is 1. The quantitative estimate of drug-likeness (QED) is 0.705. The molecule has 0 saturated heterocycles. The van der Waals surface area contributed by atoms with Crippen LogP contribution >= 0.6 is 46.4 Å². The SMILES string of the molecule is ClCC(Cl)Cc1cc(Cl)ccc1Cl. The lowest BCUT2D eigenvalue weighted by atomic mass is 10.1. The minimum Gasteiger partial charge on any atom is -0.125 e. The molecule has 0 aromatic heterocycles. The molecule has 0 aliphatic carbocycles. The molecule has 1 unspecified atom stereocenters. The Labute approximate surface area is 97.7 Å². The van der Waals surface area contributed by atoms with E-state index in [-0.39, 0.29) is 5.38 Å². The summed E-state index contributed by atoms with van der Waals surface area (Å²) < 4.78 is 0. The summed E-state index contributed by atoms with van der Waals surface area (Å²) in [5.74, 6) is 0.407. The maximum Gasteiger partial charge on any atom is 0.0512 e. The van der Waals surface area contributed by atoms with E-state index in [4.69, 9.17) is 46.4 Å². The summed E-state index contributed by atoms with van der Waals surface area (Å²) in [7, 11) is 0. The van der Waals surface area contributed by atoms with Crippen LogP contribution in [0.4, 0.5) is 0 Å². The summed E-state index contributed by atoms with van der Waals surface area (Å²) in [5.41, 5.74) is 0.940. The molecular weight excluding hydrogens is 250 g/mol. The number of rotatable bonds is 3. The highest BCUT2D eigenvalue weighted by Gasteiger charge is 2.07. The number of alkyl halides is 2. The lowest BCUT2D eigenvalue weighted by Gasteiger charge is -2.07. The zero-order valence-corrected chi connectivity index (χ0v) is 9.76. The fraction of sp³-hybridized carbons (Fsp3) is 0.333. The number of hydrogen-bond acceptors (Lipinski definition) is 0. The fourth-order valence-electron chi connectivity index (χ4n) is 0.993. The topological polar surface area (TPSA) is 0 Å². The van der Waals surface area contributed by atoms with Crippen molar-refractivity contribution in [3.8, 4) is 0 Å². The van der Waals surface area contributed by atoms with Gasteiger partial charge in [-0.15, -0.1) is 23.2 Å². The fourth-order valence-corrected chi connectivity index (χ4v) is 1.66. The first-order chi connectivity index (χ1) is 6.13. The summed E-state index contributed by atoms with van der Waals surface area (Å²) >= 11 is 23.2. The van der Waals surface area contributed by atoms with Crippen LogP contribution in [-0.4, -0.2) is 11.3 Å². The molecular formula is C9H8Cl4. The van der Waals surface area contributed by atoms with Crippen molar-refractivity contribution >= 4 is 46.4 Å². The van der Waals surface area contributed by atoms with Crippen molar-refractivity contribution in [1.82, 2.24) is 0 Å². The molecule has 0 fully saturated rings. The minimum atomic E-state index is -0.0994. The van der Waals surface area contributed by atoms with Gasteiger partial charge in [-0.3, -0.25) is 0 Å². The van der Waals surface area contributed by atoms with Crippen molar-refractivity contribution in [1.29, 1.82) is 0 Å². The van der Waals surface area contributed by atoms with Crippen LogP contribution in [0.3, 0.4) is 0 Å². The van der Waals surface area contributed by atoms with Crippen LogP contribution < -0.4 is 0 Å². The maximum absolute atomic E-state index is 5.94. The van der Waals surface area contributed by atoms with Gasteiger partial charge in [0.15, 0.2) is 0 Å². The smallest absolute Gasteiger partial charge is 0.0512 e. The van der Waals surface area contributed by atoms with Gasteiger partial charge in [0, 0.05) is 15.9 Å². The summed E-state index contributed by atoms with van der Waals surface area (Å²) in [6.45, 7) is 0. The molecule has 0 N–H and O–H groups in total. The first-order valence-electron chi connectivity index (χ1n) is 3.77. The summed E-state index contributed by atoms with van der Waals surface area (Å²) in [6.07, 6.45) is 0.643. The second-order valence-corrected chi connectivity index (χ2v) is 4.46. The monoisotopic (exact) mass is 256 g/mol. The van der Waals surface area contributed by atoms with E-state index >= 15 is 0 Å². The van der Waals surface area contributed by atoms with Gasteiger partial charge >= 0.3 is 0 Å². The Morgan fingerprint density at radius 3 is 2.54 bits per heavy atom. The molecule has 1 aromatic rings. The second kappa shape index (κ2) is 5.31. The van der Waals surface area contributed by atoms with Crippen LogP contribution in [0, 0.1) is 0 Å². The summed E-state index contributed by atoms with van der Waals surface area (Å²) in [6, 6.07) is 5.32. The van der Waals surface area contributed by atoms with Gasteiger partial charge in [0.25, 0.3) is 0 Å². The predicted molar refractivity (Wildman–Crippen MR) is 60.5 cm³/mol. The zero-order valence-electron chi connectivity index (χ0n) is 6.74. The third-order valence-electron chi connectivity index (χ3n) is 1.62. The normalized spacial score (nSPS) is 12.9. The third-order valence-corrected chi connectivity index (χ3v) is 3.06. The number of hydrogen-bond donors (Lipinski definition) is 0. The van der Waals surface area contributed by atoms with Crippen LogP contribution in [0.25, 0.3) is 0 Å². The molecule has 1 rings (SSSR count). The van der Waals surface area contributed by atoms with E-state index in [1.165, 1.54) is 0 Å². The molecule has 0 nitrogen and oxygen atoms in total. The van der Waals surface area contributed by atoms with E-state index in [1.54, 1.807) is 12.1 Å². The highest BCUT2D eigenvalue weighted by Crippen LogP contribution is 2.23. The molecule has 0 radical (unpaired) electrons. The van der Waals surface area contributed by atoms with Gasteiger partial charge in [0.05, 0.1) is 5.38 Å². The van der Waals surface area contributed by atoms with Gasteiger partial charge in [0.2, 0.25) is 0 Å². The van der Waals surface area contributed by atoms with Crippen molar-refractivity contribution in [3.63, 3.8) is 0 Å². The highest BCUT2D eigenvalue weighted by molar-refractivity contribution is 6.33. The molecule has 4 heteroatoms. The van der Waals surface area contributed by atoms with E-state index in [9.17, 15) is 0 Å². The average molecular weight is 258 g/mol. The van der Waals surface area contributed by atoms with Crippen molar-refractivity contribution < 1.29 is 0 Å². The Bertz CT molecular complexity index is 285. The first-order valence-corrected chi connectivity index (χ1v) is 5.50. The minimum absolute atomic E-state index is 0.0994. The largest absolute Gasteiger partial charge is 0.125 e. The Morgan fingerprint density at radius 1 is 1.23 bits per heavy atom. The Morgan fingerprint density at radius 2 is 1.92 bits per heavy atom. The molecule has 0 heterocycles. The van der Waals surface area contributed by atoms with Crippen LogP contribution in [0.1, 0.15) is 5.56 Å². The Kier molecular flexibility index (Phi) is 4.68. The molecule has 0 aliphatic heterocycles. The predicted octanol–water partition coefficient (Wildman–Crippen LogP) is 4.38. The summed E-state index contributed by atoms with van der Waals surface area (Å²) in [5, 5.41) is 1.25. The van der Waals surface area contributed by atoms with E-state index < -0.39 is 0 Å². The van der Waals surface area contributed by atoms with E-state index in [0.717, 1.165) is 5.56 Å². The van der Waals surface area contributed by atoms with Gasteiger partial charge in [-0.2, -0.15) is 0 Å². The molecule has 13 heavy (non-hydrogen) atoms. The maximum atomic E-state index is 5.94. The van der Waals surface area contributed by atoms with Crippen molar-refractivity contribution in [3.05, 3.63) is 33.8 Å². The van der Waals surface area contributed by atoms with Gasteiger partial charge < -0.3 is 0 Å². The Balaban J connectivity index is 2.81. The van der Waals surface area contributed by atoms with Gasteiger partial charge in [-0.05, 0) is 30.2 Å². The molecule has 0 amide bonds. The van der Waals surface area contributed by atoms with E-state index in [2.05, 4.69) is 0 Å². The first kappa shape index (κ1) is 11.5. The molecule has 1 atom stereocenters. The van der Waals surface area contributed by atoms with Crippen molar-refractivity contribution in [2.75, 3.05) is 5.88 Å². The van der Waals surface area contributed by atoms with Crippen LogP contribution in [0.15, 0.2) is 18.2 Å². The molecule has 0 bridgehead atoms. The second-order valence-electron chi connectivity index (χ2n) is 2.69. The summed E-state index contributed by atoms with van der Waals surface area (Å²) in [4.78, 5) is 0. The van der Waals surface area contributed by atoms with E-state index in [1.807, 2.05) is 6.07 Å². The molecule has 0 saturated carbocycles. The molecule has 0 spiro atoms. The zero-order chi connectivity index (χ0) is 9.84. The number of halogens is 4. The molecule has 0 aliphatic rings. The van der Waals surface area contributed by atoms with Crippen LogP contribution in [-0.2, 0) is 6.42 Å². The lowest BCUT2D eigenvalue weighted by molar-refractivity contribution is 0.938. The Hall–Kier alpha value is 0.380. The van der Waals surface area contributed by atoms with Crippen molar-refractivity contribution in [2.45, 2.75) is 11.8 Å². The highest BCUT2D eigenvalue weighted by atomic mass is 35.5. The molecule has 72 valence electrons. The lowest BCUT2D eigenvalue weighted by Crippen LogP contribution is -2.04. The third kappa shape index (κ3) is 3.55.